The average molecular weight is 212 g/mol. The van der Waals surface area contributed by atoms with Crippen LogP contribution in [0.25, 0.3) is 0 Å². The van der Waals surface area contributed by atoms with Crippen molar-refractivity contribution in [2.75, 3.05) is 20.3 Å². The summed E-state index contributed by atoms with van der Waals surface area (Å²) in [6, 6.07) is 0.723. The summed E-state index contributed by atoms with van der Waals surface area (Å²) in [5.74, 6) is 0.828. The fraction of sp³-hybridized carbons (Fsp3) is 1.00. The van der Waals surface area contributed by atoms with Crippen molar-refractivity contribution in [3.63, 3.8) is 0 Å². The van der Waals surface area contributed by atoms with Crippen LogP contribution in [0, 0.1) is 5.92 Å². The summed E-state index contributed by atoms with van der Waals surface area (Å²) in [5, 5.41) is 0. The summed E-state index contributed by atoms with van der Waals surface area (Å²) < 4.78 is 0. The van der Waals surface area contributed by atoms with Crippen LogP contribution in [0.2, 0.25) is 0 Å². The van der Waals surface area contributed by atoms with Gasteiger partial charge < -0.3 is 0 Å². The van der Waals surface area contributed by atoms with Gasteiger partial charge in [-0.05, 0) is 40.2 Å². The predicted molar refractivity (Wildman–Crippen MR) is 66.9 cm³/mol. The Bertz CT molecular complexity index is 201. The third-order valence-corrected chi connectivity index (χ3v) is 4.28. The maximum absolute atomic E-state index is 2.67. The summed E-state index contributed by atoms with van der Waals surface area (Å²) in [4.78, 5) is 5.14. The Kier molecular flexibility index (Phi) is 4.19. The van der Waals surface area contributed by atoms with E-state index in [0.717, 1.165) is 18.6 Å². The van der Waals surface area contributed by atoms with Gasteiger partial charge in [-0.15, -0.1) is 0 Å². The highest BCUT2D eigenvalue weighted by atomic mass is 15.4. The average Bonchev–Trinajstić information content (AvgIpc) is 2.20. The summed E-state index contributed by atoms with van der Waals surface area (Å²) >= 11 is 0. The maximum Gasteiger partial charge on any atom is 0.0511 e. The van der Waals surface area contributed by atoms with Crippen molar-refractivity contribution in [3.05, 3.63) is 0 Å². The molecular weight excluding hydrogens is 184 g/mol. The molecule has 2 unspecified atom stereocenters. The predicted octanol–water partition coefficient (Wildman–Crippen LogP) is 2.79. The van der Waals surface area contributed by atoms with E-state index >= 15 is 0 Å². The maximum atomic E-state index is 2.67. The molecule has 0 aliphatic carbocycles. The van der Waals surface area contributed by atoms with E-state index in [1.165, 1.54) is 19.4 Å². The molecule has 0 radical (unpaired) electrons. The van der Waals surface area contributed by atoms with Crippen molar-refractivity contribution < 1.29 is 0 Å². The van der Waals surface area contributed by atoms with Crippen LogP contribution in [0.15, 0.2) is 0 Å². The smallest absolute Gasteiger partial charge is 0.0511 e. The van der Waals surface area contributed by atoms with Crippen LogP contribution in [0.1, 0.15) is 47.5 Å². The summed E-state index contributed by atoms with van der Waals surface area (Å²) in [6.07, 6.45) is 2.52. The van der Waals surface area contributed by atoms with Gasteiger partial charge in [0.1, 0.15) is 0 Å². The van der Waals surface area contributed by atoms with Crippen molar-refractivity contribution in [2.24, 2.45) is 5.92 Å². The SMILES string of the molecule is CCC1CN(C)CN(C(C)(C)CC)C1C. The van der Waals surface area contributed by atoms with Gasteiger partial charge >= 0.3 is 0 Å². The molecule has 0 saturated carbocycles. The fourth-order valence-corrected chi connectivity index (χ4v) is 2.67. The highest BCUT2D eigenvalue weighted by molar-refractivity contribution is 4.90. The summed E-state index contributed by atoms with van der Waals surface area (Å²) in [6.45, 7) is 14.1. The van der Waals surface area contributed by atoms with Gasteiger partial charge in [0.15, 0.2) is 0 Å². The topological polar surface area (TPSA) is 6.48 Å². The second-order valence-electron chi connectivity index (χ2n) is 5.72. The van der Waals surface area contributed by atoms with Gasteiger partial charge in [0.25, 0.3) is 0 Å². The monoisotopic (exact) mass is 212 g/mol. The lowest BCUT2D eigenvalue weighted by Crippen LogP contribution is -2.60. The minimum atomic E-state index is 0.335. The Balaban J connectivity index is 2.78. The number of hydrogen-bond acceptors (Lipinski definition) is 2. The minimum Gasteiger partial charge on any atom is -0.293 e. The first-order valence-corrected chi connectivity index (χ1v) is 6.37. The van der Waals surface area contributed by atoms with E-state index in [0.29, 0.717) is 5.54 Å². The third kappa shape index (κ3) is 2.73. The molecule has 2 nitrogen and oxygen atoms in total. The van der Waals surface area contributed by atoms with E-state index in [4.69, 9.17) is 0 Å². The zero-order valence-corrected chi connectivity index (χ0v) is 11.4. The van der Waals surface area contributed by atoms with Crippen LogP contribution >= 0.6 is 0 Å². The Morgan fingerprint density at radius 3 is 2.33 bits per heavy atom. The molecule has 1 fully saturated rings. The molecule has 0 aromatic heterocycles. The molecule has 2 atom stereocenters. The molecule has 0 amide bonds. The zero-order chi connectivity index (χ0) is 11.6. The lowest BCUT2D eigenvalue weighted by atomic mass is 9.88. The van der Waals surface area contributed by atoms with Gasteiger partial charge in [-0.3, -0.25) is 9.80 Å². The lowest BCUT2D eigenvalue weighted by Gasteiger charge is -2.51. The number of hydrogen-bond donors (Lipinski definition) is 0. The Labute approximate surface area is 95.6 Å². The van der Waals surface area contributed by atoms with Crippen molar-refractivity contribution in [2.45, 2.75) is 59.0 Å². The van der Waals surface area contributed by atoms with Crippen LogP contribution in [0.3, 0.4) is 0 Å². The van der Waals surface area contributed by atoms with Crippen molar-refractivity contribution in [3.8, 4) is 0 Å². The van der Waals surface area contributed by atoms with Gasteiger partial charge in [-0.25, -0.2) is 0 Å². The van der Waals surface area contributed by atoms with Crippen LogP contribution in [-0.4, -0.2) is 41.6 Å². The van der Waals surface area contributed by atoms with E-state index < -0.39 is 0 Å². The molecule has 90 valence electrons. The van der Waals surface area contributed by atoms with Gasteiger partial charge in [-0.2, -0.15) is 0 Å². The largest absolute Gasteiger partial charge is 0.293 e. The third-order valence-electron chi connectivity index (χ3n) is 4.28. The van der Waals surface area contributed by atoms with E-state index in [9.17, 15) is 0 Å². The molecule has 0 spiro atoms. The zero-order valence-electron chi connectivity index (χ0n) is 11.4. The lowest BCUT2D eigenvalue weighted by molar-refractivity contribution is -0.0473. The van der Waals surface area contributed by atoms with E-state index in [1.807, 2.05) is 0 Å². The first-order valence-electron chi connectivity index (χ1n) is 6.37. The molecule has 1 heterocycles. The van der Waals surface area contributed by atoms with E-state index in [2.05, 4.69) is 51.5 Å². The van der Waals surface area contributed by atoms with Gasteiger partial charge in [-0.1, -0.05) is 20.3 Å². The number of rotatable bonds is 3. The van der Waals surface area contributed by atoms with Crippen LogP contribution in [0.4, 0.5) is 0 Å². The van der Waals surface area contributed by atoms with Crippen LogP contribution < -0.4 is 0 Å². The molecule has 0 bridgehead atoms. The molecule has 1 rings (SSSR count). The molecule has 1 aliphatic heterocycles. The molecule has 0 N–H and O–H groups in total. The molecule has 0 aromatic carbocycles. The van der Waals surface area contributed by atoms with Crippen LogP contribution in [0.5, 0.6) is 0 Å². The van der Waals surface area contributed by atoms with Crippen LogP contribution in [-0.2, 0) is 0 Å². The highest BCUT2D eigenvalue weighted by Crippen LogP contribution is 2.29. The molecule has 15 heavy (non-hydrogen) atoms. The standard InChI is InChI=1S/C13H28N2/c1-7-12-9-14(6)10-15(11(12)3)13(4,5)8-2/h11-12H,7-10H2,1-6H3. The second kappa shape index (κ2) is 4.84. The molecular formula is C13H28N2. The summed E-state index contributed by atoms with van der Waals surface area (Å²) in [5.41, 5.74) is 0.335. The quantitative estimate of drug-likeness (QED) is 0.710. The number of nitrogens with zero attached hydrogens (tertiary/aromatic N) is 2. The Morgan fingerprint density at radius 1 is 1.27 bits per heavy atom. The fourth-order valence-electron chi connectivity index (χ4n) is 2.67. The molecule has 1 saturated heterocycles. The highest BCUT2D eigenvalue weighted by Gasteiger charge is 2.36. The summed E-state index contributed by atoms with van der Waals surface area (Å²) in [7, 11) is 2.24. The van der Waals surface area contributed by atoms with Crippen molar-refractivity contribution in [1.82, 2.24) is 9.80 Å². The Hall–Kier alpha value is -0.0800. The van der Waals surface area contributed by atoms with Gasteiger partial charge in [0.2, 0.25) is 0 Å². The van der Waals surface area contributed by atoms with Crippen molar-refractivity contribution >= 4 is 0 Å². The van der Waals surface area contributed by atoms with Gasteiger partial charge in [0.05, 0.1) is 6.67 Å². The normalized spacial score (nSPS) is 30.8. The first kappa shape index (κ1) is 13.0. The van der Waals surface area contributed by atoms with Gasteiger partial charge in [0, 0.05) is 18.1 Å². The Morgan fingerprint density at radius 2 is 1.87 bits per heavy atom. The molecule has 2 heteroatoms. The van der Waals surface area contributed by atoms with E-state index in [-0.39, 0.29) is 0 Å². The van der Waals surface area contributed by atoms with E-state index in [1.54, 1.807) is 0 Å². The van der Waals surface area contributed by atoms with Crippen molar-refractivity contribution in [1.29, 1.82) is 0 Å². The molecule has 0 aromatic rings. The first-order chi connectivity index (χ1) is 6.92. The minimum absolute atomic E-state index is 0.335. The second-order valence-corrected chi connectivity index (χ2v) is 5.72. The molecule has 1 aliphatic rings.